The van der Waals surface area contributed by atoms with Crippen LogP contribution in [0, 0.1) is 0 Å². The summed E-state index contributed by atoms with van der Waals surface area (Å²) in [6, 6.07) is 65.5. The second-order valence-corrected chi connectivity index (χ2v) is 17.3. The van der Waals surface area contributed by atoms with Crippen LogP contribution in [-0.2, 0) is 0 Å². The van der Waals surface area contributed by atoms with Crippen molar-refractivity contribution in [3.63, 3.8) is 0 Å². The van der Waals surface area contributed by atoms with Crippen molar-refractivity contribution in [2.45, 2.75) is 0 Å². The largest absolute Gasteiger partial charge is 0.308 e. The lowest BCUT2D eigenvalue weighted by Crippen LogP contribution is -2.01. The van der Waals surface area contributed by atoms with E-state index in [-0.39, 0.29) is 0 Å². The third kappa shape index (κ3) is 4.97. The zero-order chi connectivity index (χ0) is 38.6. The Hall–Kier alpha value is -7.25. The molecule has 0 aliphatic carbocycles. The van der Waals surface area contributed by atoms with Crippen LogP contribution in [0.1, 0.15) is 0 Å². The van der Waals surface area contributed by atoms with Crippen molar-refractivity contribution in [2.75, 3.05) is 0 Å². The maximum atomic E-state index is 5.44. The predicted octanol–water partition coefficient (Wildman–Crippen LogP) is 15.0. The van der Waals surface area contributed by atoms with Gasteiger partial charge >= 0.3 is 0 Å². The first-order valence-corrected chi connectivity index (χ1v) is 21.4. The van der Waals surface area contributed by atoms with Crippen molar-refractivity contribution in [1.29, 1.82) is 0 Å². The number of hydrogen-bond donors (Lipinski definition) is 0. The molecule has 274 valence electrons. The molecule has 0 amide bonds. The van der Waals surface area contributed by atoms with Crippen LogP contribution in [0.3, 0.4) is 0 Å². The fraction of sp³-hybridized carbons (Fsp3) is 0. The molecule has 0 aliphatic heterocycles. The molecule has 9 aromatic carbocycles. The highest BCUT2D eigenvalue weighted by Gasteiger charge is 2.23. The van der Waals surface area contributed by atoms with Crippen molar-refractivity contribution in [2.24, 2.45) is 0 Å². The summed E-state index contributed by atoms with van der Waals surface area (Å²) in [5.74, 6) is 1.97. The van der Waals surface area contributed by atoms with E-state index in [1.807, 2.05) is 22.7 Å². The van der Waals surface area contributed by atoms with Crippen LogP contribution in [0.4, 0.5) is 0 Å². The highest BCUT2D eigenvalue weighted by Crippen LogP contribution is 2.46. The Bertz CT molecular complexity index is 3870. The summed E-state index contributed by atoms with van der Waals surface area (Å²) in [7, 11) is 0. The number of para-hydroxylation sites is 1. The van der Waals surface area contributed by atoms with E-state index in [4.69, 9.17) is 15.0 Å². The minimum atomic E-state index is 0.651. The molecule has 13 aromatic rings. The van der Waals surface area contributed by atoms with E-state index in [0.29, 0.717) is 17.5 Å². The molecule has 0 saturated carbocycles. The lowest BCUT2D eigenvalue weighted by Gasteiger charge is -2.14. The zero-order valence-electron chi connectivity index (χ0n) is 31.4. The van der Waals surface area contributed by atoms with Gasteiger partial charge in [-0.3, -0.25) is 0 Å². The van der Waals surface area contributed by atoms with Crippen LogP contribution in [0.5, 0.6) is 0 Å². The fourth-order valence-electron chi connectivity index (χ4n) is 9.13. The molecule has 0 aliphatic rings. The summed E-state index contributed by atoms with van der Waals surface area (Å²) in [6.07, 6.45) is 0. The topological polar surface area (TPSA) is 43.6 Å². The van der Waals surface area contributed by atoms with Crippen molar-refractivity contribution in [3.05, 3.63) is 182 Å². The molecule has 6 heteroatoms. The van der Waals surface area contributed by atoms with E-state index in [1.54, 1.807) is 0 Å². The summed E-state index contributed by atoms with van der Waals surface area (Å²) < 4.78 is 7.34. The highest BCUT2D eigenvalue weighted by molar-refractivity contribution is 7.26. The molecule has 0 fully saturated rings. The Kier molecular flexibility index (Phi) is 7.02. The minimum Gasteiger partial charge on any atom is -0.308 e. The molecule has 13 rings (SSSR count). The van der Waals surface area contributed by atoms with Crippen LogP contribution in [-0.4, -0.2) is 19.5 Å². The van der Waals surface area contributed by atoms with E-state index >= 15 is 0 Å². The molecule has 0 saturated heterocycles. The molecule has 0 N–H and O–H groups in total. The van der Waals surface area contributed by atoms with Crippen molar-refractivity contribution < 1.29 is 0 Å². The normalized spacial score (nSPS) is 12.1. The van der Waals surface area contributed by atoms with Crippen molar-refractivity contribution >= 4 is 106 Å². The first-order valence-electron chi connectivity index (χ1n) is 19.8. The van der Waals surface area contributed by atoms with Crippen LogP contribution >= 0.6 is 22.7 Å². The Morgan fingerprint density at radius 2 is 0.949 bits per heavy atom. The quantitative estimate of drug-likeness (QED) is 0.178. The van der Waals surface area contributed by atoms with Crippen LogP contribution in [0.2, 0.25) is 0 Å². The monoisotopic (exact) mass is 786 g/mol. The first kappa shape index (κ1) is 32.8. The SMILES string of the molecule is c1ccc2cc(-c3nc(-c4cccc5sc6ccccc6c45)nc(-c4ccc(-n5c6ccccc6c6cc7ccccc7cc65)c5sc6ccccc6c45)n3)ccc2c1. The van der Waals surface area contributed by atoms with Crippen LogP contribution in [0.15, 0.2) is 182 Å². The van der Waals surface area contributed by atoms with E-state index in [0.717, 1.165) is 33.2 Å². The van der Waals surface area contributed by atoms with Crippen LogP contribution in [0.25, 0.3) is 124 Å². The van der Waals surface area contributed by atoms with Crippen LogP contribution < -0.4 is 0 Å². The Labute approximate surface area is 345 Å². The third-order valence-corrected chi connectivity index (χ3v) is 14.1. The summed E-state index contributed by atoms with van der Waals surface area (Å²) in [5, 5.41) is 12.0. The molecular weight excluding hydrogens is 757 g/mol. The molecule has 4 nitrogen and oxygen atoms in total. The smallest absolute Gasteiger partial charge is 0.164 e. The number of rotatable bonds is 4. The van der Waals surface area contributed by atoms with Gasteiger partial charge in [-0.15, -0.1) is 22.7 Å². The van der Waals surface area contributed by atoms with Gasteiger partial charge in [0.1, 0.15) is 0 Å². The average molecular weight is 787 g/mol. The van der Waals surface area contributed by atoms with E-state index in [1.165, 1.54) is 72.9 Å². The molecule has 0 bridgehead atoms. The van der Waals surface area contributed by atoms with Gasteiger partial charge in [0.2, 0.25) is 0 Å². The minimum absolute atomic E-state index is 0.651. The standard InChI is InChI=1S/C53H30N4S2/c1-2-13-32-28-35(25-24-31(32)12-1)51-54-52(39-19-11-23-47-48(39)37-17-6-9-21-45(37)58-47)56-53(55-51)40-26-27-43(50-49(40)38-18-7-10-22-46(38)59-50)57-42-20-8-5-16-36(42)41-29-33-14-3-4-15-34(33)30-44(41)57/h1-30H. The lowest BCUT2D eigenvalue weighted by molar-refractivity contribution is 1.08. The summed E-state index contributed by atoms with van der Waals surface area (Å²) in [6.45, 7) is 0. The number of aromatic nitrogens is 4. The molecule has 0 spiro atoms. The van der Waals surface area contributed by atoms with Crippen molar-refractivity contribution in [3.8, 4) is 39.9 Å². The van der Waals surface area contributed by atoms with Gasteiger partial charge in [0.15, 0.2) is 17.5 Å². The molecule has 0 unspecified atom stereocenters. The number of thiophene rings is 2. The fourth-order valence-corrected chi connectivity index (χ4v) is 11.5. The highest BCUT2D eigenvalue weighted by atomic mass is 32.1. The summed E-state index contributed by atoms with van der Waals surface area (Å²) in [5.41, 5.74) is 6.46. The average Bonchev–Trinajstić information content (AvgIpc) is 3.98. The Balaban J connectivity index is 1.12. The van der Waals surface area contributed by atoms with Gasteiger partial charge in [0, 0.05) is 63.1 Å². The molecule has 59 heavy (non-hydrogen) atoms. The Morgan fingerprint density at radius 1 is 0.356 bits per heavy atom. The maximum absolute atomic E-state index is 5.44. The molecule has 4 heterocycles. The van der Waals surface area contributed by atoms with Gasteiger partial charge in [0.05, 0.1) is 21.4 Å². The molecule has 4 aromatic heterocycles. The summed E-state index contributed by atoms with van der Waals surface area (Å²) in [4.78, 5) is 16.1. The molecule has 0 radical (unpaired) electrons. The van der Waals surface area contributed by atoms with Gasteiger partial charge < -0.3 is 4.57 Å². The van der Waals surface area contributed by atoms with Gasteiger partial charge in [-0.25, -0.2) is 15.0 Å². The maximum Gasteiger partial charge on any atom is 0.164 e. The third-order valence-electron chi connectivity index (χ3n) is 11.8. The second-order valence-electron chi connectivity index (χ2n) is 15.1. The first-order chi connectivity index (χ1) is 29.2. The van der Waals surface area contributed by atoms with E-state index in [9.17, 15) is 0 Å². The second kappa shape index (κ2) is 12.6. The number of hydrogen-bond acceptors (Lipinski definition) is 5. The van der Waals surface area contributed by atoms with E-state index in [2.05, 4.69) is 187 Å². The van der Waals surface area contributed by atoms with Gasteiger partial charge in [0.25, 0.3) is 0 Å². The predicted molar refractivity (Wildman–Crippen MR) is 251 cm³/mol. The molecular formula is C53H30N4S2. The van der Waals surface area contributed by atoms with Gasteiger partial charge in [-0.1, -0.05) is 127 Å². The van der Waals surface area contributed by atoms with E-state index < -0.39 is 0 Å². The van der Waals surface area contributed by atoms with Gasteiger partial charge in [-0.05, 0) is 76.1 Å². The summed E-state index contributed by atoms with van der Waals surface area (Å²) >= 11 is 3.64. The molecule has 0 atom stereocenters. The zero-order valence-corrected chi connectivity index (χ0v) is 33.1. The lowest BCUT2D eigenvalue weighted by atomic mass is 10.0. The van der Waals surface area contributed by atoms with Crippen molar-refractivity contribution in [1.82, 2.24) is 19.5 Å². The van der Waals surface area contributed by atoms with Gasteiger partial charge in [-0.2, -0.15) is 0 Å². The number of benzene rings is 9. The number of nitrogens with zero attached hydrogens (tertiary/aromatic N) is 4. The number of fused-ring (bicyclic) bond motifs is 11. The Morgan fingerprint density at radius 3 is 1.75 bits per heavy atom.